The Morgan fingerprint density at radius 1 is 0.312 bits per heavy atom. The number of esters is 3. The van der Waals surface area contributed by atoms with E-state index < -0.39 is 6.10 Å². The summed E-state index contributed by atoms with van der Waals surface area (Å²) < 4.78 is 16.9. The van der Waals surface area contributed by atoms with E-state index in [1.54, 1.807) is 0 Å². The maximum Gasteiger partial charge on any atom is 0.306 e. The van der Waals surface area contributed by atoms with Gasteiger partial charge in [-0.1, -0.05) is 279 Å². The number of hydrogen-bond acceptors (Lipinski definition) is 6. The molecule has 0 N–H and O–H groups in total. The Labute approximate surface area is 399 Å². The first-order valence-electron chi connectivity index (χ1n) is 28.6. The average molecular weight is 906 g/mol. The van der Waals surface area contributed by atoms with Gasteiger partial charge in [-0.25, -0.2) is 0 Å². The van der Waals surface area contributed by atoms with E-state index in [-0.39, 0.29) is 31.1 Å². The van der Waals surface area contributed by atoms with E-state index in [4.69, 9.17) is 14.2 Å². The monoisotopic (exact) mass is 905 g/mol. The summed E-state index contributed by atoms with van der Waals surface area (Å²) in [4.78, 5) is 38.1. The molecular formula is C58H112O6. The number of carbonyl (C=O) groups is 3. The first kappa shape index (κ1) is 62.4. The van der Waals surface area contributed by atoms with Gasteiger partial charge in [0.05, 0.1) is 0 Å². The molecule has 0 aromatic rings. The molecule has 0 aliphatic carbocycles. The van der Waals surface area contributed by atoms with Crippen LogP contribution in [0, 0.1) is 17.8 Å². The van der Waals surface area contributed by atoms with Gasteiger partial charge in [-0.15, -0.1) is 0 Å². The first-order valence-corrected chi connectivity index (χ1v) is 28.6. The zero-order valence-electron chi connectivity index (χ0n) is 44.1. The van der Waals surface area contributed by atoms with E-state index in [1.165, 1.54) is 199 Å². The highest BCUT2D eigenvalue weighted by molar-refractivity contribution is 5.71. The third-order valence-corrected chi connectivity index (χ3v) is 13.5. The zero-order valence-corrected chi connectivity index (χ0v) is 44.1. The normalized spacial score (nSPS) is 12.6. The Hall–Kier alpha value is -1.59. The van der Waals surface area contributed by atoms with Crippen molar-refractivity contribution in [3.63, 3.8) is 0 Å². The first-order chi connectivity index (χ1) is 31.1. The van der Waals surface area contributed by atoms with E-state index in [0.717, 1.165) is 75.5 Å². The summed E-state index contributed by atoms with van der Waals surface area (Å²) in [7, 11) is 0. The fourth-order valence-corrected chi connectivity index (χ4v) is 8.79. The van der Waals surface area contributed by atoms with Crippen molar-refractivity contribution in [2.45, 2.75) is 324 Å². The predicted octanol–water partition coefficient (Wildman–Crippen LogP) is 18.7. The van der Waals surface area contributed by atoms with Crippen LogP contribution < -0.4 is 0 Å². The van der Waals surface area contributed by atoms with E-state index in [1.807, 2.05) is 0 Å². The van der Waals surface area contributed by atoms with Gasteiger partial charge < -0.3 is 14.2 Å². The molecule has 0 aromatic heterocycles. The highest BCUT2D eigenvalue weighted by Gasteiger charge is 2.19. The molecule has 0 amide bonds. The van der Waals surface area contributed by atoms with Crippen molar-refractivity contribution < 1.29 is 28.6 Å². The molecule has 2 atom stereocenters. The van der Waals surface area contributed by atoms with Gasteiger partial charge in [0.15, 0.2) is 6.10 Å². The molecule has 0 saturated carbocycles. The van der Waals surface area contributed by atoms with Crippen molar-refractivity contribution in [3.8, 4) is 0 Å². The minimum absolute atomic E-state index is 0.0646. The lowest BCUT2D eigenvalue weighted by Crippen LogP contribution is -2.30. The van der Waals surface area contributed by atoms with Crippen molar-refractivity contribution in [1.29, 1.82) is 0 Å². The summed E-state index contributed by atoms with van der Waals surface area (Å²) in [5, 5.41) is 0. The molecule has 6 nitrogen and oxygen atoms in total. The third-order valence-electron chi connectivity index (χ3n) is 13.5. The summed E-state index contributed by atoms with van der Waals surface area (Å²) in [6, 6.07) is 0. The van der Waals surface area contributed by atoms with E-state index in [0.29, 0.717) is 19.3 Å². The van der Waals surface area contributed by atoms with Crippen molar-refractivity contribution in [2.24, 2.45) is 17.8 Å². The Kier molecular flexibility index (Phi) is 48.1. The smallest absolute Gasteiger partial charge is 0.306 e. The molecule has 0 saturated heterocycles. The summed E-state index contributed by atoms with van der Waals surface area (Å²) in [5.41, 5.74) is 0. The lowest BCUT2D eigenvalue weighted by atomic mass is 10.00. The molecule has 0 aromatic carbocycles. The molecule has 6 heteroatoms. The molecule has 0 aliphatic heterocycles. The molecule has 0 rings (SSSR count). The van der Waals surface area contributed by atoms with Crippen LogP contribution in [0.15, 0.2) is 0 Å². The minimum Gasteiger partial charge on any atom is -0.462 e. The number of hydrogen-bond donors (Lipinski definition) is 0. The van der Waals surface area contributed by atoms with E-state index in [2.05, 4.69) is 41.5 Å². The highest BCUT2D eigenvalue weighted by atomic mass is 16.6. The maximum atomic E-state index is 12.8. The molecule has 0 spiro atoms. The molecular weight excluding hydrogens is 793 g/mol. The SMILES string of the molecule is CCC(C)CCCCCCCCC(=O)O[C@H](COC(=O)CCCCCCCCCCCCCCCCCCC(C)C)COC(=O)CCCCCCCCCCCCCCCCC(C)C. The second-order valence-electron chi connectivity index (χ2n) is 21.1. The van der Waals surface area contributed by atoms with Crippen LogP contribution in [-0.2, 0) is 28.6 Å². The van der Waals surface area contributed by atoms with Crippen molar-refractivity contribution >= 4 is 17.9 Å². The number of rotatable bonds is 51. The van der Waals surface area contributed by atoms with Crippen LogP contribution in [0.25, 0.3) is 0 Å². The minimum atomic E-state index is -0.764. The number of unbranched alkanes of at least 4 members (excludes halogenated alkanes) is 33. The molecule has 380 valence electrons. The van der Waals surface area contributed by atoms with Gasteiger partial charge in [0.2, 0.25) is 0 Å². The molecule has 0 radical (unpaired) electrons. The maximum absolute atomic E-state index is 12.8. The van der Waals surface area contributed by atoms with Gasteiger partial charge in [0.1, 0.15) is 13.2 Å². The fraction of sp³-hybridized carbons (Fsp3) is 0.948. The van der Waals surface area contributed by atoms with Gasteiger partial charge >= 0.3 is 17.9 Å². The Morgan fingerprint density at radius 2 is 0.547 bits per heavy atom. The molecule has 64 heavy (non-hydrogen) atoms. The Bertz CT molecular complexity index is 993. The topological polar surface area (TPSA) is 78.9 Å². The Morgan fingerprint density at radius 3 is 0.812 bits per heavy atom. The third kappa shape index (κ3) is 49.8. The van der Waals surface area contributed by atoms with Gasteiger partial charge in [-0.3, -0.25) is 14.4 Å². The summed E-state index contributed by atoms with van der Waals surface area (Å²) in [6.07, 6.45) is 51.0. The fourth-order valence-electron chi connectivity index (χ4n) is 8.79. The molecule has 1 unspecified atom stereocenters. The van der Waals surface area contributed by atoms with Crippen molar-refractivity contribution in [3.05, 3.63) is 0 Å². The van der Waals surface area contributed by atoms with Crippen molar-refractivity contribution in [1.82, 2.24) is 0 Å². The van der Waals surface area contributed by atoms with Crippen LogP contribution in [0.2, 0.25) is 0 Å². The quantitative estimate of drug-likeness (QED) is 0.0344. The number of ether oxygens (including phenoxy) is 3. The molecule has 0 aliphatic rings. The van der Waals surface area contributed by atoms with Crippen LogP contribution in [-0.4, -0.2) is 37.2 Å². The molecule has 0 bridgehead atoms. The standard InChI is InChI=1S/C58H112O6/c1-7-54(6)46-40-34-30-31-37-43-49-58(61)64-55(51-63-57(60)48-42-36-29-25-21-17-13-12-15-19-23-27-33-39-45-53(4)5)50-62-56(59)47-41-35-28-24-20-16-11-9-8-10-14-18-22-26-32-38-44-52(2)3/h52-55H,7-51H2,1-6H3/t54?,55-/m1/s1. The highest BCUT2D eigenvalue weighted by Crippen LogP contribution is 2.19. The lowest BCUT2D eigenvalue weighted by molar-refractivity contribution is -0.167. The van der Waals surface area contributed by atoms with Gasteiger partial charge in [0.25, 0.3) is 0 Å². The predicted molar refractivity (Wildman–Crippen MR) is 275 cm³/mol. The largest absolute Gasteiger partial charge is 0.462 e. The van der Waals surface area contributed by atoms with Crippen LogP contribution >= 0.6 is 0 Å². The van der Waals surface area contributed by atoms with Gasteiger partial charge in [-0.2, -0.15) is 0 Å². The van der Waals surface area contributed by atoms with Crippen LogP contribution in [0.3, 0.4) is 0 Å². The zero-order chi connectivity index (χ0) is 47.0. The number of carbonyl (C=O) groups excluding carboxylic acids is 3. The molecule has 0 fully saturated rings. The van der Waals surface area contributed by atoms with Crippen molar-refractivity contribution in [2.75, 3.05) is 13.2 Å². The summed E-state index contributed by atoms with van der Waals surface area (Å²) >= 11 is 0. The van der Waals surface area contributed by atoms with E-state index >= 15 is 0 Å². The summed E-state index contributed by atoms with van der Waals surface area (Å²) in [6.45, 7) is 13.7. The lowest BCUT2D eigenvalue weighted by Gasteiger charge is -2.18. The van der Waals surface area contributed by atoms with Gasteiger partial charge in [0, 0.05) is 19.3 Å². The Balaban J connectivity index is 4.22. The van der Waals surface area contributed by atoms with E-state index in [9.17, 15) is 14.4 Å². The molecule has 0 heterocycles. The van der Waals surface area contributed by atoms with Crippen LogP contribution in [0.5, 0.6) is 0 Å². The second kappa shape index (κ2) is 49.3. The van der Waals surface area contributed by atoms with Gasteiger partial charge in [-0.05, 0) is 37.0 Å². The second-order valence-corrected chi connectivity index (χ2v) is 21.1. The average Bonchev–Trinajstić information content (AvgIpc) is 3.27. The van der Waals surface area contributed by atoms with Crippen LogP contribution in [0.4, 0.5) is 0 Å². The van der Waals surface area contributed by atoms with Crippen LogP contribution in [0.1, 0.15) is 318 Å². The summed E-state index contributed by atoms with van der Waals surface area (Å²) in [5.74, 6) is 1.66.